The largest absolute Gasteiger partial charge is 0.484 e. The first-order valence-electron chi connectivity index (χ1n) is 7.92. The quantitative estimate of drug-likeness (QED) is 0.786. The van der Waals surface area contributed by atoms with Gasteiger partial charge in [0.2, 0.25) is 0 Å². The molecule has 0 saturated heterocycles. The summed E-state index contributed by atoms with van der Waals surface area (Å²) in [4.78, 5) is 23.8. The number of ether oxygens (including phenoxy) is 2. The van der Waals surface area contributed by atoms with Crippen LogP contribution >= 0.6 is 0 Å². The second-order valence-electron chi connectivity index (χ2n) is 5.49. The van der Waals surface area contributed by atoms with Crippen molar-refractivity contribution in [1.82, 2.24) is 5.01 Å². The standard InChI is InChI=1S/C19H18N2O4/c1-24-19(23)15-8-5-9-16(12-15)25-13-18(22)21-11-10-17(20-21)14-6-3-2-4-7-14/h2-9,12H,10-11,13H2,1H3. The molecule has 1 aliphatic heterocycles. The topological polar surface area (TPSA) is 68.2 Å². The Balaban J connectivity index is 1.60. The number of methoxy groups -OCH3 is 1. The summed E-state index contributed by atoms with van der Waals surface area (Å²) >= 11 is 0. The molecule has 0 aliphatic carbocycles. The molecule has 128 valence electrons. The number of nitrogens with zero attached hydrogens (tertiary/aromatic N) is 2. The number of hydrogen-bond acceptors (Lipinski definition) is 5. The van der Waals surface area contributed by atoms with E-state index >= 15 is 0 Å². The van der Waals surface area contributed by atoms with Gasteiger partial charge in [-0.2, -0.15) is 5.10 Å². The second-order valence-corrected chi connectivity index (χ2v) is 5.49. The van der Waals surface area contributed by atoms with Crippen LogP contribution in [0.1, 0.15) is 22.3 Å². The zero-order chi connectivity index (χ0) is 17.6. The predicted octanol–water partition coefficient (Wildman–Crippen LogP) is 2.49. The molecule has 0 bridgehead atoms. The lowest BCUT2D eigenvalue weighted by atomic mass is 10.1. The van der Waals surface area contributed by atoms with E-state index in [2.05, 4.69) is 9.84 Å². The van der Waals surface area contributed by atoms with Crippen LogP contribution in [0, 0.1) is 0 Å². The summed E-state index contributed by atoms with van der Waals surface area (Å²) in [5.41, 5.74) is 2.28. The van der Waals surface area contributed by atoms with E-state index in [-0.39, 0.29) is 12.5 Å². The molecule has 0 N–H and O–H groups in total. The highest BCUT2D eigenvalue weighted by Gasteiger charge is 2.21. The van der Waals surface area contributed by atoms with Crippen molar-refractivity contribution in [3.05, 3.63) is 65.7 Å². The van der Waals surface area contributed by atoms with E-state index in [0.717, 1.165) is 11.3 Å². The SMILES string of the molecule is COC(=O)c1cccc(OCC(=O)N2CCC(c3ccccc3)=N2)c1. The summed E-state index contributed by atoms with van der Waals surface area (Å²) in [5.74, 6) is -0.245. The summed E-state index contributed by atoms with van der Waals surface area (Å²) in [6.45, 7) is 0.394. The van der Waals surface area contributed by atoms with Crippen LogP contribution in [-0.4, -0.2) is 42.9 Å². The van der Waals surface area contributed by atoms with Gasteiger partial charge in [-0.1, -0.05) is 36.4 Å². The molecular weight excluding hydrogens is 320 g/mol. The summed E-state index contributed by atoms with van der Waals surface area (Å²) < 4.78 is 10.2. The number of carbonyl (C=O) groups is 2. The van der Waals surface area contributed by atoms with Gasteiger partial charge in [-0.25, -0.2) is 9.80 Å². The van der Waals surface area contributed by atoms with Gasteiger partial charge in [0.05, 0.1) is 24.9 Å². The van der Waals surface area contributed by atoms with Crippen LogP contribution in [-0.2, 0) is 9.53 Å². The van der Waals surface area contributed by atoms with Gasteiger partial charge in [-0.3, -0.25) is 4.79 Å². The molecule has 0 radical (unpaired) electrons. The van der Waals surface area contributed by atoms with Gasteiger partial charge < -0.3 is 9.47 Å². The van der Waals surface area contributed by atoms with E-state index in [1.54, 1.807) is 24.3 Å². The Morgan fingerprint density at radius 2 is 1.92 bits per heavy atom. The van der Waals surface area contributed by atoms with Gasteiger partial charge in [0, 0.05) is 6.42 Å². The highest BCUT2D eigenvalue weighted by atomic mass is 16.5. The van der Waals surface area contributed by atoms with Crippen molar-refractivity contribution in [3.8, 4) is 5.75 Å². The maximum atomic E-state index is 12.3. The zero-order valence-electron chi connectivity index (χ0n) is 13.8. The van der Waals surface area contributed by atoms with Gasteiger partial charge >= 0.3 is 5.97 Å². The third-order valence-corrected chi connectivity index (χ3v) is 3.81. The molecule has 2 aromatic rings. The molecule has 0 aromatic heterocycles. The fourth-order valence-electron chi connectivity index (χ4n) is 2.52. The van der Waals surface area contributed by atoms with E-state index < -0.39 is 5.97 Å². The lowest BCUT2D eigenvalue weighted by Gasteiger charge is -2.12. The van der Waals surface area contributed by atoms with E-state index in [1.165, 1.54) is 12.1 Å². The molecule has 6 nitrogen and oxygen atoms in total. The molecule has 25 heavy (non-hydrogen) atoms. The lowest BCUT2D eigenvalue weighted by molar-refractivity contribution is -0.132. The fourth-order valence-corrected chi connectivity index (χ4v) is 2.52. The molecule has 1 aliphatic rings. The Morgan fingerprint density at radius 1 is 1.12 bits per heavy atom. The van der Waals surface area contributed by atoms with Crippen LogP contribution < -0.4 is 4.74 Å². The van der Waals surface area contributed by atoms with Gasteiger partial charge in [-0.15, -0.1) is 0 Å². The Kier molecular flexibility index (Phi) is 5.09. The Hall–Kier alpha value is -3.15. The monoisotopic (exact) mass is 338 g/mol. The van der Waals surface area contributed by atoms with Crippen LogP contribution in [0.15, 0.2) is 59.7 Å². The maximum Gasteiger partial charge on any atom is 0.337 e. The molecule has 0 spiro atoms. The minimum Gasteiger partial charge on any atom is -0.484 e. The number of rotatable bonds is 5. The molecule has 0 saturated carbocycles. The maximum absolute atomic E-state index is 12.3. The third-order valence-electron chi connectivity index (χ3n) is 3.81. The van der Waals surface area contributed by atoms with Crippen LogP contribution in [0.4, 0.5) is 0 Å². The molecule has 6 heteroatoms. The van der Waals surface area contributed by atoms with Gasteiger partial charge in [-0.05, 0) is 23.8 Å². The van der Waals surface area contributed by atoms with Gasteiger partial charge in [0.25, 0.3) is 5.91 Å². The average Bonchev–Trinajstić information content (AvgIpc) is 3.17. The molecule has 1 heterocycles. The van der Waals surface area contributed by atoms with Crippen LogP contribution in [0.25, 0.3) is 0 Å². The van der Waals surface area contributed by atoms with Crippen LogP contribution in [0.2, 0.25) is 0 Å². The number of esters is 1. The van der Waals surface area contributed by atoms with Crippen molar-refractivity contribution >= 4 is 17.6 Å². The fraction of sp³-hybridized carbons (Fsp3) is 0.211. The van der Waals surface area contributed by atoms with Crippen molar-refractivity contribution in [2.45, 2.75) is 6.42 Å². The molecular formula is C19H18N2O4. The summed E-state index contributed by atoms with van der Waals surface area (Å²) in [5, 5.41) is 5.80. The minimum absolute atomic E-state index is 0.143. The Labute approximate surface area is 145 Å². The first kappa shape index (κ1) is 16.7. The van der Waals surface area contributed by atoms with Gasteiger partial charge in [0.1, 0.15) is 5.75 Å². The third kappa shape index (κ3) is 4.03. The van der Waals surface area contributed by atoms with E-state index in [9.17, 15) is 9.59 Å². The lowest BCUT2D eigenvalue weighted by Crippen LogP contribution is -2.28. The van der Waals surface area contributed by atoms with Crippen molar-refractivity contribution < 1.29 is 19.1 Å². The first-order valence-corrected chi connectivity index (χ1v) is 7.92. The number of hydrogen-bond donors (Lipinski definition) is 0. The van der Waals surface area contributed by atoms with Crippen LogP contribution in [0.3, 0.4) is 0 Å². The first-order chi connectivity index (χ1) is 12.2. The van der Waals surface area contributed by atoms with Crippen molar-refractivity contribution in [2.75, 3.05) is 20.3 Å². The Morgan fingerprint density at radius 3 is 2.68 bits per heavy atom. The molecule has 3 rings (SSSR count). The van der Waals surface area contributed by atoms with Crippen molar-refractivity contribution in [3.63, 3.8) is 0 Å². The van der Waals surface area contributed by atoms with E-state index in [0.29, 0.717) is 24.3 Å². The number of benzene rings is 2. The van der Waals surface area contributed by atoms with Gasteiger partial charge in [0.15, 0.2) is 6.61 Å². The van der Waals surface area contributed by atoms with E-state index in [1.807, 2.05) is 30.3 Å². The summed E-state index contributed by atoms with van der Waals surface area (Å²) in [7, 11) is 1.31. The smallest absolute Gasteiger partial charge is 0.337 e. The molecule has 0 atom stereocenters. The van der Waals surface area contributed by atoms with E-state index in [4.69, 9.17) is 4.74 Å². The number of carbonyl (C=O) groups excluding carboxylic acids is 2. The molecule has 2 aromatic carbocycles. The molecule has 1 amide bonds. The van der Waals surface area contributed by atoms with Crippen molar-refractivity contribution in [2.24, 2.45) is 5.10 Å². The second kappa shape index (κ2) is 7.61. The minimum atomic E-state index is -0.451. The van der Waals surface area contributed by atoms with Crippen molar-refractivity contribution in [1.29, 1.82) is 0 Å². The number of hydrazone groups is 1. The normalized spacial score (nSPS) is 13.3. The predicted molar refractivity (Wildman–Crippen MR) is 92.6 cm³/mol. The highest BCUT2D eigenvalue weighted by molar-refractivity contribution is 6.02. The average molecular weight is 338 g/mol. The summed E-state index contributed by atoms with van der Waals surface area (Å²) in [6, 6.07) is 16.3. The zero-order valence-corrected chi connectivity index (χ0v) is 13.8. The number of amides is 1. The molecule has 0 unspecified atom stereocenters. The van der Waals surface area contributed by atoms with Crippen LogP contribution in [0.5, 0.6) is 5.75 Å². The Bertz CT molecular complexity index is 802. The molecule has 0 fully saturated rings. The highest BCUT2D eigenvalue weighted by Crippen LogP contribution is 2.16. The summed E-state index contributed by atoms with van der Waals surface area (Å²) in [6.07, 6.45) is 0.716.